The molecular weight excluding hydrogens is 704 g/mol. The zero-order valence-corrected chi connectivity index (χ0v) is 32.2. The van der Waals surface area contributed by atoms with Crippen LogP contribution in [-0.4, -0.2) is 60.4 Å². The summed E-state index contributed by atoms with van der Waals surface area (Å²) < 4.78 is 34.6. The normalized spacial score (nSPS) is 11.5. The van der Waals surface area contributed by atoms with Gasteiger partial charge in [-0.15, -0.1) is 0 Å². The molecule has 1 atom stereocenters. The maximum absolute atomic E-state index is 14.1. The number of esters is 2. The van der Waals surface area contributed by atoms with Crippen molar-refractivity contribution in [3.63, 3.8) is 0 Å². The Balaban J connectivity index is 1.65. The smallest absolute Gasteiger partial charge is 0.411 e. The highest BCUT2D eigenvalue weighted by Gasteiger charge is 2.36. The quantitative estimate of drug-likeness (QED) is 0.0646. The van der Waals surface area contributed by atoms with Crippen molar-refractivity contribution in [2.45, 2.75) is 85.0 Å². The van der Waals surface area contributed by atoms with E-state index in [2.05, 4.69) is 5.32 Å². The molecule has 0 fully saturated rings. The zero-order chi connectivity index (χ0) is 39.8. The number of carbonyl (C=O) groups is 4. The molecule has 4 aromatic rings. The molecule has 12 nitrogen and oxygen atoms in total. The molecule has 0 aromatic heterocycles. The molecule has 0 aliphatic carbocycles. The Bertz CT molecular complexity index is 1840. The lowest BCUT2D eigenvalue weighted by atomic mass is 10.0. The zero-order valence-electron chi connectivity index (χ0n) is 32.2. The molecule has 0 saturated heterocycles. The molecule has 12 heteroatoms. The summed E-state index contributed by atoms with van der Waals surface area (Å²) >= 11 is 0. The molecule has 0 aliphatic rings. The lowest BCUT2D eigenvalue weighted by Crippen LogP contribution is -2.48. The number of nitrogens with one attached hydrogen (secondary N) is 1. The first-order chi connectivity index (χ1) is 26.3. The van der Waals surface area contributed by atoms with Crippen LogP contribution >= 0.6 is 0 Å². The van der Waals surface area contributed by atoms with Crippen LogP contribution in [0.25, 0.3) is 0 Å². The Kier molecular flexibility index (Phi) is 15.5. The first-order valence-electron chi connectivity index (χ1n) is 18.1. The number of ether oxygens (including phenoxy) is 6. The first-order valence-corrected chi connectivity index (χ1v) is 18.1. The van der Waals surface area contributed by atoms with Gasteiger partial charge in [-0.25, -0.2) is 14.4 Å². The van der Waals surface area contributed by atoms with Gasteiger partial charge in [-0.05, 0) is 63.4 Å². The molecule has 0 radical (unpaired) electrons. The second-order valence-corrected chi connectivity index (χ2v) is 13.9. The van der Waals surface area contributed by atoms with Gasteiger partial charge < -0.3 is 33.7 Å². The van der Waals surface area contributed by atoms with E-state index in [-0.39, 0.29) is 62.5 Å². The summed E-state index contributed by atoms with van der Waals surface area (Å²) in [6, 6.07) is 29.7. The highest BCUT2D eigenvalue weighted by atomic mass is 16.6. The Morgan fingerprint density at radius 1 is 0.727 bits per heavy atom. The van der Waals surface area contributed by atoms with Crippen LogP contribution in [0.5, 0.6) is 17.2 Å². The van der Waals surface area contributed by atoms with Crippen LogP contribution in [0.4, 0.5) is 9.59 Å². The highest BCUT2D eigenvalue weighted by molar-refractivity contribution is 5.82. The number of rotatable bonds is 17. The topological polar surface area (TPSA) is 139 Å². The molecule has 0 bridgehead atoms. The summed E-state index contributed by atoms with van der Waals surface area (Å²) in [6.45, 7) is 8.50. The lowest BCUT2D eigenvalue weighted by molar-refractivity contribution is -0.151. The van der Waals surface area contributed by atoms with Crippen molar-refractivity contribution < 1.29 is 47.6 Å². The van der Waals surface area contributed by atoms with Crippen molar-refractivity contribution in [1.82, 2.24) is 10.2 Å². The van der Waals surface area contributed by atoms with Crippen molar-refractivity contribution in [2.24, 2.45) is 0 Å². The predicted octanol–water partition coefficient (Wildman–Crippen LogP) is 7.80. The van der Waals surface area contributed by atoms with E-state index in [1.54, 1.807) is 46.8 Å². The summed E-state index contributed by atoms with van der Waals surface area (Å²) in [5.74, 6) is -0.994. The third-order valence-corrected chi connectivity index (χ3v) is 7.87. The minimum atomic E-state index is -1.16. The predicted molar refractivity (Wildman–Crippen MR) is 206 cm³/mol. The molecule has 2 amide bonds. The van der Waals surface area contributed by atoms with E-state index in [0.717, 1.165) is 16.7 Å². The minimum absolute atomic E-state index is 0.0151. The number of hydrogen-bond acceptors (Lipinski definition) is 10. The van der Waals surface area contributed by atoms with Crippen LogP contribution in [0.1, 0.15) is 63.3 Å². The van der Waals surface area contributed by atoms with E-state index in [1.807, 2.05) is 91.0 Å². The maximum atomic E-state index is 14.1. The fraction of sp³-hybridized carbons (Fsp3) is 0.349. The second kappa shape index (κ2) is 20.4. The monoisotopic (exact) mass is 754 g/mol. The van der Waals surface area contributed by atoms with Crippen LogP contribution < -0.4 is 19.5 Å². The molecule has 4 rings (SSSR count). The van der Waals surface area contributed by atoms with Gasteiger partial charge in [-0.3, -0.25) is 9.69 Å². The minimum Gasteiger partial charge on any atom is -0.493 e. The van der Waals surface area contributed by atoms with E-state index in [1.165, 1.54) is 12.0 Å². The summed E-state index contributed by atoms with van der Waals surface area (Å²) in [5.41, 5.74) is 1.77. The summed E-state index contributed by atoms with van der Waals surface area (Å²) in [7, 11) is 1.45. The third-order valence-electron chi connectivity index (χ3n) is 7.87. The van der Waals surface area contributed by atoms with E-state index < -0.39 is 35.8 Å². The molecule has 0 saturated carbocycles. The number of hydrogen-bond donors (Lipinski definition) is 1. The van der Waals surface area contributed by atoms with Gasteiger partial charge in [0.25, 0.3) is 0 Å². The standard InChI is InChI=1S/C43H50N2O10/c1-30(2)53-39-36(50-6)23-22-34(38(39)54-37(46)24-25-44-41(48)52-29-33-20-14-9-15-21-33)27-45(42(49)55-43(3,4)5)35(26-31-16-10-7-11-17-31)40(47)51-28-32-18-12-8-13-19-32/h7-23,30,35H,24-29H2,1-6H3,(H,44,48)/t35-/m0/s1. The Morgan fingerprint density at radius 2 is 1.29 bits per heavy atom. The lowest BCUT2D eigenvalue weighted by Gasteiger charge is -2.33. The number of nitrogens with zero attached hydrogens (tertiary/aromatic N) is 1. The van der Waals surface area contributed by atoms with Crippen LogP contribution in [0.15, 0.2) is 103 Å². The largest absolute Gasteiger partial charge is 0.493 e. The summed E-state index contributed by atoms with van der Waals surface area (Å²) in [5, 5.41) is 2.56. The first kappa shape index (κ1) is 41.7. The average molecular weight is 755 g/mol. The SMILES string of the molecule is COc1ccc(CN(C(=O)OC(C)(C)C)[C@@H](Cc2ccccc2)C(=O)OCc2ccccc2)c(OC(=O)CCNC(=O)OCc2ccccc2)c1OC(C)C. The van der Waals surface area contributed by atoms with Gasteiger partial charge in [0, 0.05) is 18.5 Å². The van der Waals surface area contributed by atoms with E-state index in [9.17, 15) is 19.2 Å². The molecule has 0 spiro atoms. The van der Waals surface area contributed by atoms with Gasteiger partial charge in [-0.2, -0.15) is 0 Å². The van der Waals surface area contributed by atoms with E-state index >= 15 is 0 Å². The Morgan fingerprint density at radius 3 is 1.84 bits per heavy atom. The molecule has 0 heterocycles. The third kappa shape index (κ3) is 13.7. The average Bonchev–Trinajstić information content (AvgIpc) is 3.15. The van der Waals surface area contributed by atoms with Crippen molar-refractivity contribution in [2.75, 3.05) is 13.7 Å². The van der Waals surface area contributed by atoms with Gasteiger partial charge in [-0.1, -0.05) is 91.0 Å². The van der Waals surface area contributed by atoms with Gasteiger partial charge in [0.2, 0.25) is 5.75 Å². The number of methoxy groups -OCH3 is 1. The molecule has 4 aromatic carbocycles. The highest BCUT2D eigenvalue weighted by Crippen LogP contribution is 2.42. The fourth-order valence-corrected chi connectivity index (χ4v) is 5.32. The van der Waals surface area contributed by atoms with Gasteiger partial charge in [0.1, 0.15) is 24.9 Å². The summed E-state index contributed by atoms with van der Waals surface area (Å²) in [6.07, 6.45) is -1.98. The Hall–Kier alpha value is -6.04. The van der Waals surface area contributed by atoms with Crippen molar-refractivity contribution in [3.8, 4) is 17.2 Å². The van der Waals surface area contributed by atoms with E-state index in [4.69, 9.17) is 28.4 Å². The molecule has 1 N–H and O–H groups in total. The molecule has 0 aliphatic heterocycles. The van der Waals surface area contributed by atoms with Crippen molar-refractivity contribution in [1.29, 1.82) is 0 Å². The van der Waals surface area contributed by atoms with Crippen LogP contribution in [0, 0.1) is 0 Å². The van der Waals surface area contributed by atoms with Crippen LogP contribution in [-0.2, 0) is 50.0 Å². The van der Waals surface area contributed by atoms with Gasteiger partial charge >= 0.3 is 24.1 Å². The molecular formula is C43H50N2O10. The van der Waals surface area contributed by atoms with Crippen LogP contribution in [0.3, 0.4) is 0 Å². The maximum Gasteiger partial charge on any atom is 0.411 e. The number of amides is 2. The molecule has 0 unspecified atom stereocenters. The van der Waals surface area contributed by atoms with Gasteiger partial charge in [0.05, 0.1) is 26.2 Å². The van der Waals surface area contributed by atoms with Crippen molar-refractivity contribution in [3.05, 3.63) is 125 Å². The number of carbonyl (C=O) groups excluding carboxylic acids is 4. The second-order valence-electron chi connectivity index (χ2n) is 13.9. The number of benzene rings is 4. The number of alkyl carbamates (subject to hydrolysis) is 1. The van der Waals surface area contributed by atoms with E-state index in [0.29, 0.717) is 5.56 Å². The Labute approximate surface area is 322 Å². The van der Waals surface area contributed by atoms with Crippen LogP contribution in [0.2, 0.25) is 0 Å². The summed E-state index contributed by atoms with van der Waals surface area (Å²) in [4.78, 5) is 55.2. The molecule has 55 heavy (non-hydrogen) atoms. The molecule has 292 valence electrons. The van der Waals surface area contributed by atoms with Crippen molar-refractivity contribution >= 4 is 24.1 Å². The van der Waals surface area contributed by atoms with Gasteiger partial charge in [0.15, 0.2) is 11.5 Å². The fourth-order valence-electron chi connectivity index (χ4n) is 5.32.